The van der Waals surface area contributed by atoms with Crippen molar-refractivity contribution < 1.29 is 13.9 Å². The van der Waals surface area contributed by atoms with E-state index in [0.29, 0.717) is 34.5 Å². The number of amides is 1. The lowest BCUT2D eigenvalue weighted by Crippen LogP contribution is -2.27. The number of nitrogens with one attached hydrogen (secondary N) is 1. The van der Waals surface area contributed by atoms with Crippen molar-refractivity contribution in [3.05, 3.63) is 53.3 Å². The lowest BCUT2D eigenvalue weighted by Gasteiger charge is -2.19. The Balaban J connectivity index is 1.64. The molecule has 138 valence electrons. The first-order valence-corrected chi connectivity index (χ1v) is 9.10. The van der Waals surface area contributed by atoms with Crippen LogP contribution in [0.25, 0.3) is 11.1 Å². The topological polar surface area (TPSA) is 41.6 Å². The Morgan fingerprint density at radius 1 is 1.35 bits per heavy atom. The smallest absolute Gasteiger partial charge is 0.411 e. The zero-order chi connectivity index (χ0) is 18.5. The molecule has 0 saturated carbocycles. The van der Waals surface area contributed by atoms with Gasteiger partial charge in [-0.2, -0.15) is 0 Å². The number of halogens is 2. The molecule has 6 heteroatoms. The van der Waals surface area contributed by atoms with Gasteiger partial charge in [0.25, 0.3) is 0 Å². The molecule has 1 aliphatic rings. The number of likely N-dealkylation sites (tertiary alicyclic amines) is 1. The maximum Gasteiger partial charge on any atom is 0.411 e. The first kappa shape index (κ1) is 18.7. The highest BCUT2D eigenvalue weighted by atomic mass is 35.5. The van der Waals surface area contributed by atoms with E-state index in [1.807, 2.05) is 0 Å². The molecule has 0 spiro atoms. The number of rotatable bonds is 5. The highest BCUT2D eigenvalue weighted by molar-refractivity contribution is 6.31. The van der Waals surface area contributed by atoms with Crippen LogP contribution in [-0.2, 0) is 4.74 Å². The standard InChI is InChI=1S/C20H22ClFN2O2/c1-24-10-3-6-17(24)9-11-26-20(25)23-19-8-7-15(21)13-18(19)14-4-2-5-16(22)12-14/h2,4-5,7-8,12-13,17H,3,6,9-11H2,1H3,(H,23,25). The Kier molecular flexibility index (Phi) is 6.12. The second-order valence-corrected chi connectivity index (χ2v) is 6.96. The lowest BCUT2D eigenvalue weighted by molar-refractivity contribution is 0.147. The van der Waals surface area contributed by atoms with Gasteiger partial charge in [-0.1, -0.05) is 23.7 Å². The van der Waals surface area contributed by atoms with E-state index >= 15 is 0 Å². The fraction of sp³-hybridized carbons (Fsp3) is 0.350. The highest BCUT2D eigenvalue weighted by Crippen LogP contribution is 2.31. The Morgan fingerprint density at radius 2 is 2.19 bits per heavy atom. The number of hydrogen-bond acceptors (Lipinski definition) is 3. The van der Waals surface area contributed by atoms with Gasteiger partial charge in [0, 0.05) is 16.6 Å². The molecule has 1 atom stereocenters. The molecular weight excluding hydrogens is 355 g/mol. The van der Waals surface area contributed by atoms with E-state index in [-0.39, 0.29) is 5.82 Å². The summed E-state index contributed by atoms with van der Waals surface area (Å²) in [5.74, 6) is -0.350. The zero-order valence-corrected chi connectivity index (χ0v) is 15.4. The number of carbonyl (C=O) groups excluding carboxylic acids is 1. The maximum absolute atomic E-state index is 13.5. The Hall–Kier alpha value is -2.11. The first-order chi connectivity index (χ1) is 12.5. The van der Waals surface area contributed by atoms with Gasteiger partial charge in [-0.3, -0.25) is 5.32 Å². The number of benzene rings is 2. The first-order valence-electron chi connectivity index (χ1n) is 8.72. The fourth-order valence-corrected chi connectivity index (χ4v) is 3.47. The summed E-state index contributed by atoms with van der Waals surface area (Å²) in [7, 11) is 2.09. The van der Waals surface area contributed by atoms with Crippen molar-refractivity contribution in [2.24, 2.45) is 0 Å². The molecule has 2 aromatic rings. The minimum absolute atomic E-state index is 0.350. The number of carbonyl (C=O) groups is 1. The molecule has 0 aromatic heterocycles. The van der Waals surface area contributed by atoms with E-state index < -0.39 is 6.09 Å². The van der Waals surface area contributed by atoms with Gasteiger partial charge in [-0.15, -0.1) is 0 Å². The predicted octanol–water partition coefficient (Wildman–Crippen LogP) is 5.18. The molecule has 1 heterocycles. The van der Waals surface area contributed by atoms with Crippen molar-refractivity contribution in [1.29, 1.82) is 0 Å². The van der Waals surface area contributed by atoms with E-state index in [2.05, 4.69) is 17.3 Å². The van der Waals surface area contributed by atoms with Crippen molar-refractivity contribution in [3.8, 4) is 11.1 Å². The minimum Gasteiger partial charge on any atom is -0.449 e. The van der Waals surface area contributed by atoms with E-state index in [0.717, 1.165) is 19.4 Å². The van der Waals surface area contributed by atoms with Crippen molar-refractivity contribution in [1.82, 2.24) is 4.90 Å². The van der Waals surface area contributed by atoms with Gasteiger partial charge in [-0.25, -0.2) is 9.18 Å². The summed E-state index contributed by atoms with van der Waals surface area (Å²) in [6, 6.07) is 11.7. The largest absolute Gasteiger partial charge is 0.449 e. The lowest BCUT2D eigenvalue weighted by atomic mass is 10.0. The van der Waals surface area contributed by atoms with Crippen LogP contribution in [0.15, 0.2) is 42.5 Å². The molecule has 26 heavy (non-hydrogen) atoms. The summed E-state index contributed by atoms with van der Waals surface area (Å²) in [4.78, 5) is 14.4. The van der Waals surface area contributed by atoms with Crippen molar-refractivity contribution in [2.45, 2.75) is 25.3 Å². The molecule has 1 amide bonds. The van der Waals surface area contributed by atoms with Gasteiger partial charge < -0.3 is 9.64 Å². The SMILES string of the molecule is CN1CCCC1CCOC(=O)Nc1ccc(Cl)cc1-c1cccc(F)c1. The van der Waals surface area contributed by atoms with E-state index in [1.165, 1.54) is 18.6 Å². The molecule has 1 fully saturated rings. The van der Waals surface area contributed by atoms with E-state index in [4.69, 9.17) is 16.3 Å². The Bertz CT molecular complexity index is 784. The Morgan fingerprint density at radius 3 is 2.92 bits per heavy atom. The van der Waals surface area contributed by atoms with Crippen LogP contribution >= 0.6 is 11.6 Å². The zero-order valence-electron chi connectivity index (χ0n) is 14.7. The minimum atomic E-state index is -0.523. The van der Waals surface area contributed by atoms with Crippen LogP contribution in [0.3, 0.4) is 0 Å². The van der Waals surface area contributed by atoms with Gasteiger partial charge in [0.1, 0.15) is 5.82 Å². The summed E-state index contributed by atoms with van der Waals surface area (Å²) < 4.78 is 18.9. The van der Waals surface area contributed by atoms with Gasteiger partial charge in [-0.05, 0) is 68.8 Å². The third-order valence-electron chi connectivity index (χ3n) is 4.71. The third-order valence-corrected chi connectivity index (χ3v) is 4.94. The average Bonchev–Trinajstić information content (AvgIpc) is 3.01. The fourth-order valence-electron chi connectivity index (χ4n) is 3.30. The molecule has 0 radical (unpaired) electrons. The number of anilines is 1. The van der Waals surface area contributed by atoms with Gasteiger partial charge in [0.15, 0.2) is 0 Å². The van der Waals surface area contributed by atoms with Crippen LogP contribution < -0.4 is 5.32 Å². The quantitative estimate of drug-likeness (QED) is 0.781. The number of nitrogens with zero attached hydrogens (tertiary/aromatic N) is 1. The van der Waals surface area contributed by atoms with E-state index in [1.54, 1.807) is 30.3 Å². The Labute approximate surface area is 157 Å². The normalized spacial score (nSPS) is 17.3. The molecular formula is C20H22ClFN2O2. The van der Waals surface area contributed by atoms with Crippen LogP contribution in [0.2, 0.25) is 5.02 Å². The summed E-state index contributed by atoms with van der Waals surface area (Å²) in [5.41, 5.74) is 1.81. The molecule has 3 rings (SSSR count). The van der Waals surface area contributed by atoms with Crippen LogP contribution in [-0.4, -0.2) is 37.2 Å². The molecule has 1 unspecified atom stereocenters. The third kappa shape index (κ3) is 4.74. The number of ether oxygens (including phenoxy) is 1. The monoisotopic (exact) mass is 376 g/mol. The summed E-state index contributed by atoms with van der Waals surface area (Å²) in [6.07, 6.45) is 2.63. The van der Waals surface area contributed by atoms with Crippen LogP contribution in [0.1, 0.15) is 19.3 Å². The van der Waals surface area contributed by atoms with Gasteiger partial charge in [0.05, 0.1) is 12.3 Å². The predicted molar refractivity (Wildman–Crippen MR) is 102 cm³/mol. The number of hydrogen-bond donors (Lipinski definition) is 1. The average molecular weight is 377 g/mol. The van der Waals surface area contributed by atoms with Crippen LogP contribution in [0.4, 0.5) is 14.9 Å². The summed E-state index contributed by atoms with van der Waals surface area (Å²) in [5, 5.41) is 3.24. The molecule has 1 saturated heterocycles. The second kappa shape index (κ2) is 8.52. The molecule has 4 nitrogen and oxygen atoms in total. The molecule has 0 bridgehead atoms. The summed E-state index contributed by atoms with van der Waals surface area (Å²) >= 11 is 6.07. The molecule has 2 aromatic carbocycles. The van der Waals surface area contributed by atoms with Crippen LogP contribution in [0.5, 0.6) is 0 Å². The second-order valence-electron chi connectivity index (χ2n) is 6.53. The maximum atomic E-state index is 13.5. The van der Waals surface area contributed by atoms with Crippen molar-refractivity contribution in [3.63, 3.8) is 0 Å². The van der Waals surface area contributed by atoms with Crippen molar-refractivity contribution >= 4 is 23.4 Å². The van der Waals surface area contributed by atoms with Crippen LogP contribution in [0, 0.1) is 5.82 Å². The van der Waals surface area contributed by atoms with Gasteiger partial charge >= 0.3 is 6.09 Å². The van der Waals surface area contributed by atoms with E-state index in [9.17, 15) is 9.18 Å². The highest BCUT2D eigenvalue weighted by Gasteiger charge is 2.21. The molecule has 1 aliphatic heterocycles. The summed E-state index contributed by atoms with van der Waals surface area (Å²) in [6.45, 7) is 1.46. The van der Waals surface area contributed by atoms with Crippen molar-refractivity contribution in [2.75, 3.05) is 25.5 Å². The molecule has 0 aliphatic carbocycles. The van der Waals surface area contributed by atoms with Gasteiger partial charge in [0.2, 0.25) is 0 Å². The molecule has 1 N–H and O–H groups in total.